The van der Waals surface area contributed by atoms with E-state index in [2.05, 4.69) is 77.8 Å². The van der Waals surface area contributed by atoms with Crippen molar-refractivity contribution in [1.29, 1.82) is 0 Å². The van der Waals surface area contributed by atoms with Gasteiger partial charge in [0.05, 0.1) is 17.8 Å². The highest BCUT2D eigenvalue weighted by molar-refractivity contribution is 9.10. The molecule has 116 valence electrons. The van der Waals surface area contributed by atoms with Crippen molar-refractivity contribution in [3.05, 3.63) is 63.3 Å². The summed E-state index contributed by atoms with van der Waals surface area (Å²) in [6, 6.07) is 12.8. The minimum absolute atomic E-state index is 0.819. The zero-order valence-electron chi connectivity index (χ0n) is 13.9. The molecule has 1 heterocycles. The van der Waals surface area contributed by atoms with E-state index in [-0.39, 0.29) is 0 Å². The van der Waals surface area contributed by atoms with Crippen LogP contribution in [0.2, 0.25) is 0 Å². The lowest BCUT2D eigenvalue weighted by atomic mass is 10.0. The van der Waals surface area contributed by atoms with Crippen LogP contribution in [0.15, 0.2) is 40.9 Å². The molecule has 0 aliphatic carbocycles. The number of rotatable bonds is 2. The first-order valence-electron chi connectivity index (χ1n) is 7.74. The molecular weight excluding hydrogens is 336 g/mol. The summed E-state index contributed by atoms with van der Waals surface area (Å²) in [5.74, 6) is 0. The highest BCUT2D eigenvalue weighted by Gasteiger charge is 2.10. The summed E-state index contributed by atoms with van der Waals surface area (Å²) >= 11 is 3.55. The summed E-state index contributed by atoms with van der Waals surface area (Å²) in [6.45, 7) is 11.2. The van der Waals surface area contributed by atoms with Crippen LogP contribution in [0.1, 0.15) is 36.2 Å². The molecule has 0 unspecified atom stereocenters. The minimum atomic E-state index is 0.819. The van der Waals surface area contributed by atoms with Gasteiger partial charge in [0.1, 0.15) is 0 Å². The Balaban J connectivity index is 0.000000847. The summed E-state index contributed by atoms with van der Waals surface area (Å²) in [4.78, 5) is 0. The van der Waals surface area contributed by atoms with Gasteiger partial charge < -0.3 is 0 Å². The van der Waals surface area contributed by atoms with Crippen LogP contribution in [0, 0.1) is 20.8 Å². The molecule has 2 aromatic carbocycles. The molecule has 0 fully saturated rings. The van der Waals surface area contributed by atoms with Crippen molar-refractivity contribution >= 4 is 26.8 Å². The fourth-order valence-electron chi connectivity index (χ4n) is 2.68. The van der Waals surface area contributed by atoms with E-state index < -0.39 is 0 Å². The van der Waals surface area contributed by atoms with E-state index in [0.717, 1.165) is 16.7 Å². The Morgan fingerprint density at radius 2 is 1.64 bits per heavy atom. The average molecular weight is 359 g/mol. The Bertz CT molecular complexity index is 767. The quantitative estimate of drug-likeness (QED) is 0.566. The maximum Gasteiger partial charge on any atom is 0.0700 e. The molecule has 0 saturated carbocycles. The van der Waals surface area contributed by atoms with Crippen LogP contribution in [-0.4, -0.2) is 9.78 Å². The predicted molar refractivity (Wildman–Crippen MR) is 98.5 cm³/mol. The van der Waals surface area contributed by atoms with Crippen molar-refractivity contribution in [2.45, 2.75) is 41.2 Å². The molecule has 3 aromatic rings. The van der Waals surface area contributed by atoms with Crippen LogP contribution in [0.3, 0.4) is 0 Å². The molecule has 0 spiro atoms. The molecule has 0 saturated heterocycles. The van der Waals surface area contributed by atoms with Gasteiger partial charge in [0.15, 0.2) is 0 Å². The Labute approximate surface area is 141 Å². The number of halogens is 1. The van der Waals surface area contributed by atoms with Gasteiger partial charge in [-0.1, -0.05) is 48.0 Å². The lowest BCUT2D eigenvalue weighted by Crippen LogP contribution is -2.05. The number of hydrogen-bond acceptors (Lipinski definition) is 1. The van der Waals surface area contributed by atoms with Crippen molar-refractivity contribution in [1.82, 2.24) is 9.78 Å². The van der Waals surface area contributed by atoms with Gasteiger partial charge in [-0.3, -0.25) is 4.68 Å². The first-order chi connectivity index (χ1) is 10.6. The SMILES string of the molecule is CC.Cc1cccc(C)c1Cn1nc(C)c2ccc(Br)cc21. The number of fused-ring (bicyclic) bond motifs is 1. The Morgan fingerprint density at radius 1 is 1.00 bits per heavy atom. The average Bonchev–Trinajstić information content (AvgIpc) is 2.81. The molecule has 0 N–H and O–H groups in total. The first-order valence-corrected chi connectivity index (χ1v) is 8.53. The topological polar surface area (TPSA) is 17.8 Å². The van der Waals surface area contributed by atoms with E-state index in [9.17, 15) is 0 Å². The molecule has 0 aliphatic rings. The van der Waals surface area contributed by atoms with E-state index in [1.165, 1.54) is 27.6 Å². The third kappa shape index (κ3) is 3.25. The third-order valence-electron chi connectivity index (χ3n) is 3.85. The van der Waals surface area contributed by atoms with Crippen LogP contribution in [0.5, 0.6) is 0 Å². The molecule has 3 heteroatoms. The Kier molecular flexibility index (Phi) is 5.41. The van der Waals surface area contributed by atoms with Gasteiger partial charge in [-0.15, -0.1) is 0 Å². The summed E-state index contributed by atoms with van der Waals surface area (Å²) in [5.41, 5.74) is 6.26. The third-order valence-corrected chi connectivity index (χ3v) is 4.34. The highest BCUT2D eigenvalue weighted by Crippen LogP contribution is 2.24. The van der Waals surface area contributed by atoms with E-state index in [4.69, 9.17) is 5.10 Å². The maximum atomic E-state index is 4.70. The number of aryl methyl sites for hydroxylation is 3. The maximum absolute atomic E-state index is 4.70. The molecule has 1 aromatic heterocycles. The van der Waals surface area contributed by atoms with Crippen molar-refractivity contribution < 1.29 is 0 Å². The monoisotopic (exact) mass is 358 g/mol. The van der Waals surface area contributed by atoms with Crippen LogP contribution >= 0.6 is 15.9 Å². The van der Waals surface area contributed by atoms with Crippen LogP contribution in [-0.2, 0) is 6.54 Å². The largest absolute Gasteiger partial charge is 0.260 e. The molecular formula is C19H23BrN2. The Morgan fingerprint density at radius 3 is 2.27 bits per heavy atom. The van der Waals surface area contributed by atoms with Crippen LogP contribution in [0.25, 0.3) is 10.9 Å². The number of hydrogen-bond donors (Lipinski definition) is 0. The number of nitrogens with zero attached hydrogens (tertiary/aromatic N) is 2. The molecule has 22 heavy (non-hydrogen) atoms. The molecule has 0 aliphatic heterocycles. The molecule has 0 amide bonds. The van der Waals surface area contributed by atoms with Crippen molar-refractivity contribution in [2.24, 2.45) is 0 Å². The van der Waals surface area contributed by atoms with Gasteiger partial charge in [0.2, 0.25) is 0 Å². The normalized spacial score (nSPS) is 10.5. The first kappa shape index (κ1) is 16.8. The second-order valence-electron chi connectivity index (χ2n) is 5.27. The lowest BCUT2D eigenvalue weighted by molar-refractivity contribution is 0.697. The molecule has 0 radical (unpaired) electrons. The Hall–Kier alpha value is -1.61. The van der Waals surface area contributed by atoms with Crippen LogP contribution < -0.4 is 0 Å². The van der Waals surface area contributed by atoms with E-state index >= 15 is 0 Å². The second-order valence-corrected chi connectivity index (χ2v) is 6.19. The lowest BCUT2D eigenvalue weighted by Gasteiger charge is -2.10. The number of aromatic nitrogens is 2. The number of benzene rings is 2. The van der Waals surface area contributed by atoms with Gasteiger partial charge in [-0.2, -0.15) is 5.10 Å². The fraction of sp³-hybridized carbons (Fsp3) is 0.316. The smallest absolute Gasteiger partial charge is 0.0700 e. The minimum Gasteiger partial charge on any atom is -0.260 e. The van der Waals surface area contributed by atoms with Gasteiger partial charge >= 0.3 is 0 Å². The molecule has 3 rings (SSSR count). The predicted octanol–water partition coefficient (Wildman–Crippen LogP) is 5.80. The van der Waals surface area contributed by atoms with Gasteiger partial charge in [0, 0.05) is 9.86 Å². The zero-order chi connectivity index (χ0) is 16.3. The fourth-order valence-corrected chi connectivity index (χ4v) is 3.03. The standard InChI is InChI=1S/C17H17BrN2.C2H6/c1-11-5-4-6-12(2)16(11)10-20-17-9-14(18)7-8-15(17)13(3)19-20;1-2/h4-9H,10H2,1-3H3;1-2H3. The van der Waals surface area contributed by atoms with Gasteiger partial charge in [0.25, 0.3) is 0 Å². The van der Waals surface area contributed by atoms with E-state index in [0.29, 0.717) is 0 Å². The summed E-state index contributed by atoms with van der Waals surface area (Å²) in [7, 11) is 0. The summed E-state index contributed by atoms with van der Waals surface area (Å²) in [5, 5.41) is 5.93. The highest BCUT2D eigenvalue weighted by atomic mass is 79.9. The van der Waals surface area contributed by atoms with Gasteiger partial charge in [-0.25, -0.2) is 0 Å². The van der Waals surface area contributed by atoms with E-state index in [1.807, 2.05) is 13.8 Å². The second kappa shape index (κ2) is 7.10. The summed E-state index contributed by atoms with van der Waals surface area (Å²) < 4.78 is 3.19. The molecule has 2 nitrogen and oxygen atoms in total. The van der Waals surface area contributed by atoms with Crippen molar-refractivity contribution in [3.8, 4) is 0 Å². The van der Waals surface area contributed by atoms with Gasteiger partial charge in [-0.05, 0) is 55.7 Å². The van der Waals surface area contributed by atoms with Crippen LogP contribution in [0.4, 0.5) is 0 Å². The van der Waals surface area contributed by atoms with Crippen molar-refractivity contribution in [3.63, 3.8) is 0 Å². The molecule has 0 bridgehead atoms. The van der Waals surface area contributed by atoms with E-state index in [1.54, 1.807) is 0 Å². The van der Waals surface area contributed by atoms with Crippen molar-refractivity contribution in [2.75, 3.05) is 0 Å². The zero-order valence-corrected chi connectivity index (χ0v) is 15.5. The molecule has 0 atom stereocenters. The summed E-state index contributed by atoms with van der Waals surface area (Å²) in [6.07, 6.45) is 0.